The number of rotatable bonds is 7. The molecule has 4 rings (SSSR count). The molecule has 3 heterocycles. The molecule has 0 bridgehead atoms. The second kappa shape index (κ2) is 9.93. The minimum atomic E-state index is -0.259. The van der Waals surface area contributed by atoms with Gasteiger partial charge in [-0.1, -0.05) is 58.9 Å². The van der Waals surface area contributed by atoms with Crippen molar-refractivity contribution in [2.75, 3.05) is 18.4 Å². The SMILES string of the molecule is CC(C)CN(C(=O)c1cnc(C(C)(C)C)nc1NCc1ncco1)C1CNCc2ccccc21. The van der Waals surface area contributed by atoms with Gasteiger partial charge in [0, 0.05) is 31.2 Å². The number of carbonyl (C=O) groups is 1. The molecule has 0 spiro atoms. The van der Waals surface area contributed by atoms with Gasteiger partial charge < -0.3 is 20.0 Å². The summed E-state index contributed by atoms with van der Waals surface area (Å²) in [7, 11) is 0. The highest BCUT2D eigenvalue weighted by molar-refractivity contribution is 5.98. The monoisotopic (exact) mass is 462 g/mol. The van der Waals surface area contributed by atoms with Crippen LogP contribution in [0.1, 0.15) is 73.9 Å². The number of amides is 1. The van der Waals surface area contributed by atoms with E-state index in [1.54, 1.807) is 12.4 Å². The van der Waals surface area contributed by atoms with Gasteiger partial charge in [-0.15, -0.1) is 0 Å². The van der Waals surface area contributed by atoms with E-state index in [0.29, 0.717) is 48.6 Å². The first kappa shape index (κ1) is 23.9. The maximum atomic E-state index is 14.1. The van der Waals surface area contributed by atoms with Crippen molar-refractivity contribution in [1.82, 2.24) is 25.2 Å². The summed E-state index contributed by atoms with van der Waals surface area (Å²) >= 11 is 0. The molecule has 0 fully saturated rings. The van der Waals surface area contributed by atoms with E-state index in [9.17, 15) is 4.79 Å². The largest absolute Gasteiger partial charge is 0.447 e. The summed E-state index contributed by atoms with van der Waals surface area (Å²) in [5.41, 5.74) is 2.60. The first-order valence-electron chi connectivity index (χ1n) is 11.8. The topological polar surface area (TPSA) is 96.2 Å². The first-order valence-corrected chi connectivity index (χ1v) is 11.8. The molecule has 0 saturated carbocycles. The minimum Gasteiger partial charge on any atom is -0.447 e. The fourth-order valence-electron chi connectivity index (χ4n) is 4.19. The number of hydrogen-bond donors (Lipinski definition) is 2. The number of nitrogens with zero attached hydrogens (tertiary/aromatic N) is 4. The maximum absolute atomic E-state index is 14.1. The first-order chi connectivity index (χ1) is 16.2. The van der Waals surface area contributed by atoms with E-state index in [1.165, 1.54) is 17.4 Å². The molecule has 34 heavy (non-hydrogen) atoms. The molecule has 0 radical (unpaired) electrons. The van der Waals surface area contributed by atoms with Crippen LogP contribution in [-0.2, 0) is 18.5 Å². The normalized spacial score (nSPS) is 15.8. The number of nitrogens with one attached hydrogen (secondary N) is 2. The van der Waals surface area contributed by atoms with Crippen LogP contribution in [0.5, 0.6) is 0 Å². The zero-order chi connectivity index (χ0) is 24.3. The highest BCUT2D eigenvalue weighted by atomic mass is 16.3. The summed E-state index contributed by atoms with van der Waals surface area (Å²) in [5.74, 6) is 1.90. The lowest BCUT2D eigenvalue weighted by Crippen LogP contribution is -2.44. The molecule has 1 aliphatic heterocycles. The number of anilines is 1. The molecule has 1 atom stereocenters. The fraction of sp³-hybridized carbons (Fsp3) is 0.462. The van der Waals surface area contributed by atoms with Gasteiger partial charge in [-0.2, -0.15) is 0 Å². The third kappa shape index (κ3) is 5.28. The van der Waals surface area contributed by atoms with E-state index in [0.717, 1.165) is 6.54 Å². The van der Waals surface area contributed by atoms with Gasteiger partial charge in [-0.25, -0.2) is 15.0 Å². The highest BCUT2D eigenvalue weighted by Gasteiger charge is 2.32. The van der Waals surface area contributed by atoms with Gasteiger partial charge in [0.1, 0.15) is 23.5 Å². The quantitative estimate of drug-likeness (QED) is 0.540. The van der Waals surface area contributed by atoms with Crippen molar-refractivity contribution in [2.45, 2.75) is 59.2 Å². The number of fused-ring (bicyclic) bond motifs is 1. The van der Waals surface area contributed by atoms with Gasteiger partial charge in [0.2, 0.25) is 5.89 Å². The molecule has 3 aromatic rings. The van der Waals surface area contributed by atoms with E-state index >= 15 is 0 Å². The van der Waals surface area contributed by atoms with E-state index in [2.05, 4.69) is 67.4 Å². The van der Waals surface area contributed by atoms with Crippen molar-refractivity contribution in [3.8, 4) is 0 Å². The summed E-state index contributed by atoms with van der Waals surface area (Å²) in [4.78, 5) is 29.5. The fourth-order valence-corrected chi connectivity index (χ4v) is 4.19. The van der Waals surface area contributed by atoms with Crippen LogP contribution in [0.2, 0.25) is 0 Å². The summed E-state index contributed by atoms with van der Waals surface area (Å²) < 4.78 is 5.37. The van der Waals surface area contributed by atoms with Crippen molar-refractivity contribution >= 4 is 11.7 Å². The van der Waals surface area contributed by atoms with Gasteiger partial charge in [-0.05, 0) is 17.0 Å². The van der Waals surface area contributed by atoms with Gasteiger partial charge in [-0.3, -0.25) is 4.79 Å². The number of carbonyl (C=O) groups excluding carboxylic acids is 1. The maximum Gasteiger partial charge on any atom is 0.259 e. The van der Waals surface area contributed by atoms with Gasteiger partial charge in [0.05, 0.1) is 18.8 Å². The second-order valence-corrected chi connectivity index (χ2v) is 10.2. The van der Waals surface area contributed by atoms with E-state index in [4.69, 9.17) is 9.40 Å². The molecule has 180 valence electrons. The van der Waals surface area contributed by atoms with Gasteiger partial charge in [0.25, 0.3) is 5.91 Å². The molecule has 0 aliphatic carbocycles. The average molecular weight is 463 g/mol. The van der Waals surface area contributed by atoms with E-state index in [-0.39, 0.29) is 17.4 Å². The Morgan fingerprint density at radius 3 is 2.76 bits per heavy atom. The zero-order valence-corrected chi connectivity index (χ0v) is 20.6. The molecular weight excluding hydrogens is 428 g/mol. The van der Waals surface area contributed by atoms with Crippen molar-refractivity contribution < 1.29 is 9.21 Å². The molecule has 0 saturated heterocycles. The Morgan fingerprint density at radius 2 is 2.06 bits per heavy atom. The number of benzene rings is 1. The standard InChI is InChI=1S/C26H34N6O2/c1-17(2)16-32(21-14-27-12-18-8-6-7-9-19(18)21)24(33)20-13-30-25(26(3,4)5)31-23(20)29-15-22-28-10-11-34-22/h6-11,13,17,21,27H,12,14-16H2,1-5H3,(H,29,30,31). The highest BCUT2D eigenvalue weighted by Crippen LogP contribution is 2.31. The smallest absolute Gasteiger partial charge is 0.259 e. The number of oxazole rings is 1. The summed E-state index contributed by atoms with van der Waals surface area (Å²) in [6.07, 6.45) is 4.78. The van der Waals surface area contributed by atoms with E-state index in [1.807, 2.05) is 17.0 Å². The van der Waals surface area contributed by atoms with Crippen LogP contribution in [0.25, 0.3) is 0 Å². The molecule has 1 aliphatic rings. The van der Waals surface area contributed by atoms with Crippen molar-refractivity contribution in [3.63, 3.8) is 0 Å². The van der Waals surface area contributed by atoms with Crippen molar-refractivity contribution in [1.29, 1.82) is 0 Å². The van der Waals surface area contributed by atoms with Crippen LogP contribution in [0.15, 0.2) is 47.3 Å². The molecule has 2 aromatic heterocycles. The Bertz CT molecular complexity index is 1120. The minimum absolute atomic E-state index is 0.0678. The van der Waals surface area contributed by atoms with Gasteiger partial charge >= 0.3 is 0 Å². The third-order valence-corrected chi connectivity index (χ3v) is 5.85. The Balaban J connectivity index is 1.72. The lowest BCUT2D eigenvalue weighted by Gasteiger charge is -2.37. The summed E-state index contributed by atoms with van der Waals surface area (Å²) in [5, 5.41) is 6.75. The van der Waals surface area contributed by atoms with Crippen LogP contribution in [0.4, 0.5) is 5.82 Å². The predicted octanol–water partition coefficient (Wildman–Crippen LogP) is 4.32. The van der Waals surface area contributed by atoms with Crippen LogP contribution < -0.4 is 10.6 Å². The molecule has 2 N–H and O–H groups in total. The molecule has 1 amide bonds. The lowest BCUT2D eigenvalue weighted by atomic mass is 9.94. The Labute approximate surface area is 201 Å². The van der Waals surface area contributed by atoms with Crippen LogP contribution in [0, 0.1) is 5.92 Å². The van der Waals surface area contributed by atoms with Crippen LogP contribution in [0.3, 0.4) is 0 Å². The van der Waals surface area contributed by atoms with Crippen LogP contribution in [-0.4, -0.2) is 38.8 Å². The summed E-state index contributed by atoms with van der Waals surface area (Å²) in [6, 6.07) is 8.27. The van der Waals surface area contributed by atoms with Gasteiger partial charge in [0.15, 0.2) is 0 Å². The molecule has 8 heteroatoms. The average Bonchev–Trinajstić information content (AvgIpc) is 3.33. The predicted molar refractivity (Wildman–Crippen MR) is 131 cm³/mol. The zero-order valence-electron chi connectivity index (χ0n) is 20.6. The van der Waals surface area contributed by atoms with E-state index < -0.39 is 0 Å². The lowest BCUT2D eigenvalue weighted by molar-refractivity contribution is 0.0638. The van der Waals surface area contributed by atoms with Crippen LogP contribution >= 0.6 is 0 Å². The summed E-state index contributed by atoms with van der Waals surface area (Å²) in [6.45, 7) is 12.9. The Kier molecular flexibility index (Phi) is 6.97. The van der Waals surface area contributed by atoms with Crippen molar-refractivity contribution in [3.05, 3.63) is 71.3 Å². The number of hydrogen-bond acceptors (Lipinski definition) is 7. The second-order valence-electron chi connectivity index (χ2n) is 10.2. The Morgan fingerprint density at radius 1 is 1.26 bits per heavy atom. The Hall–Kier alpha value is -3.26. The molecular formula is C26H34N6O2. The van der Waals surface area contributed by atoms with Crippen molar-refractivity contribution in [2.24, 2.45) is 5.92 Å². The molecule has 8 nitrogen and oxygen atoms in total. The molecule has 1 unspecified atom stereocenters. The molecule has 1 aromatic carbocycles. The third-order valence-electron chi connectivity index (χ3n) is 5.85. The number of aromatic nitrogens is 3.